The van der Waals surface area contributed by atoms with Gasteiger partial charge in [-0.25, -0.2) is 0 Å². The second-order valence-electron chi connectivity index (χ2n) is 5.69. The molecule has 0 aliphatic carbocycles. The molecule has 2 atom stereocenters. The van der Waals surface area contributed by atoms with E-state index in [1.807, 2.05) is 11.8 Å². The Hall–Kier alpha value is -0.680. The lowest BCUT2D eigenvalue weighted by Crippen LogP contribution is -2.44. The summed E-state index contributed by atoms with van der Waals surface area (Å²) < 4.78 is 0. The van der Waals surface area contributed by atoms with Crippen molar-refractivity contribution < 1.29 is 4.79 Å². The van der Waals surface area contributed by atoms with Crippen molar-refractivity contribution in [1.82, 2.24) is 9.80 Å². The van der Waals surface area contributed by atoms with Crippen molar-refractivity contribution in [3.63, 3.8) is 0 Å². The van der Waals surface area contributed by atoms with Gasteiger partial charge in [-0.3, -0.25) is 9.69 Å². The fraction of sp³-hybridized carbons (Fsp3) is 0.857. The minimum Gasteiger partial charge on any atom is -0.393 e. The first kappa shape index (κ1) is 14.7. The fourth-order valence-electron chi connectivity index (χ4n) is 3.24. The van der Waals surface area contributed by atoms with Crippen LogP contribution in [0.25, 0.3) is 0 Å². The van der Waals surface area contributed by atoms with Crippen molar-refractivity contribution in [3.8, 4) is 0 Å². The third kappa shape index (κ3) is 3.45. The summed E-state index contributed by atoms with van der Waals surface area (Å²) in [5, 5.41) is 0. The van der Waals surface area contributed by atoms with Gasteiger partial charge < -0.3 is 10.6 Å². The van der Waals surface area contributed by atoms with Crippen molar-refractivity contribution in [2.75, 3.05) is 26.2 Å². The van der Waals surface area contributed by atoms with E-state index in [9.17, 15) is 4.79 Å². The van der Waals surface area contributed by atoms with E-state index in [2.05, 4.69) is 4.90 Å². The van der Waals surface area contributed by atoms with Crippen LogP contribution in [0, 0.1) is 5.92 Å². The van der Waals surface area contributed by atoms with Gasteiger partial charge in [0.25, 0.3) is 0 Å². The molecule has 0 saturated carbocycles. The predicted molar refractivity (Wildman–Crippen MR) is 81.0 cm³/mol. The first-order valence-electron chi connectivity index (χ1n) is 7.45. The largest absolute Gasteiger partial charge is 0.393 e. The smallest absolute Gasteiger partial charge is 0.232 e. The maximum Gasteiger partial charge on any atom is 0.232 e. The Kier molecular flexibility index (Phi) is 5.16. The topological polar surface area (TPSA) is 49.6 Å². The van der Waals surface area contributed by atoms with E-state index in [1.54, 1.807) is 0 Å². The molecule has 2 rings (SSSR count). The highest BCUT2D eigenvalue weighted by Gasteiger charge is 2.34. The molecule has 2 unspecified atom stereocenters. The summed E-state index contributed by atoms with van der Waals surface area (Å²) in [4.78, 5) is 17.2. The van der Waals surface area contributed by atoms with Crippen LogP contribution >= 0.6 is 12.2 Å². The first-order valence-corrected chi connectivity index (χ1v) is 7.86. The van der Waals surface area contributed by atoms with Gasteiger partial charge >= 0.3 is 0 Å². The molecule has 2 heterocycles. The molecule has 0 radical (unpaired) electrons. The number of hydrogen-bond acceptors (Lipinski definition) is 3. The Labute approximate surface area is 121 Å². The summed E-state index contributed by atoms with van der Waals surface area (Å²) >= 11 is 5.00. The van der Waals surface area contributed by atoms with Gasteiger partial charge in [0, 0.05) is 19.1 Å². The lowest BCUT2D eigenvalue weighted by molar-refractivity contribution is -0.132. The molecule has 2 aliphatic heterocycles. The van der Waals surface area contributed by atoms with Gasteiger partial charge in [-0.05, 0) is 38.8 Å². The van der Waals surface area contributed by atoms with Gasteiger partial charge in [-0.1, -0.05) is 25.6 Å². The minimum atomic E-state index is -0.268. The average molecular weight is 283 g/mol. The third-order valence-electron chi connectivity index (χ3n) is 4.43. The maximum absolute atomic E-state index is 12.4. The number of amides is 1. The molecule has 0 aromatic carbocycles. The van der Waals surface area contributed by atoms with Crippen LogP contribution in [-0.4, -0.2) is 52.9 Å². The number of hydrogen-bond donors (Lipinski definition) is 1. The van der Waals surface area contributed by atoms with E-state index in [1.165, 1.54) is 32.4 Å². The highest BCUT2D eigenvalue weighted by Crippen LogP contribution is 2.22. The van der Waals surface area contributed by atoms with Crippen LogP contribution in [0.2, 0.25) is 0 Å². The molecule has 19 heavy (non-hydrogen) atoms. The second-order valence-corrected chi connectivity index (χ2v) is 6.16. The normalized spacial score (nSPS) is 26.4. The lowest BCUT2D eigenvalue weighted by Gasteiger charge is -2.32. The second kappa shape index (κ2) is 6.66. The van der Waals surface area contributed by atoms with E-state index in [0.717, 1.165) is 19.5 Å². The summed E-state index contributed by atoms with van der Waals surface area (Å²) in [7, 11) is 0. The molecule has 0 aromatic rings. The number of thiocarbonyl (C=S) groups is 1. The third-order valence-corrected chi connectivity index (χ3v) is 4.72. The number of likely N-dealkylation sites (tertiary alicyclic amines) is 2. The highest BCUT2D eigenvalue weighted by atomic mass is 32.1. The Morgan fingerprint density at radius 2 is 2.00 bits per heavy atom. The summed E-state index contributed by atoms with van der Waals surface area (Å²) in [6.07, 6.45) is 5.76. The molecule has 2 saturated heterocycles. The summed E-state index contributed by atoms with van der Waals surface area (Å²) in [5.41, 5.74) is 5.67. The molecule has 0 aromatic heterocycles. The number of rotatable bonds is 4. The van der Waals surface area contributed by atoms with Crippen molar-refractivity contribution in [2.24, 2.45) is 11.7 Å². The summed E-state index contributed by atoms with van der Waals surface area (Å²) in [6.45, 7) is 6.08. The molecule has 2 aliphatic rings. The van der Waals surface area contributed by atoms with Gasteiger partial charge in [0.05, 0.1) is 10.9 Å². The van der Waals surface area contributed by atoms with E-state index in [0.29, 0.717) is 17.5 Å². The monoisotopic (exact) mass is 283 g/mol. The molecular weight excluding hydrogens is 258 g/mol. The number of piperidine rings is 1. The molecule has 1 amide bonds. The van der Waals surface area contributed by atoms with Gasteiger partial charge in [0.1, 0.15) is 0 Å². The van der Waals surface area contributed by atoms with Crippen LogP contribution in [0.4, 0.5) is 0 Å². The molecular formula is C14H25N3OS. The van der Waals surface area contributed by atoms with Crippen LogP contribution in [-0.2, 0) is 4.79 Å². The molecule has 0 spiro atoms. The minimum absolute atomic E-state index is 0.134. The van der Waals surface area contributed by atoms with Gasteiger partial charge in [-0.15, -0.1) is 0 Å². The summed E-state index contributed by atoms with van der Waals surface area (Å²) in [5.74, 6) is -0.135. The number of carbonyl (C=O) groups is 1. The average Bonchev–Trinajstić information content (AvgIpc) is 2.89. The van der Waals surface area contributed by atoms with E-state index in [-0.39, 0.29) is 11.8 Å². The molecule has 2 N–H and O–H groups in total. The SMILES string of the molecule is CCC(C(=O)N1CCC(N2CCCCC2)C1)C(N)=S. The summed E-state index contributed by atoms with van der Waals surface area (Å²) in [6, 6.07) is 0.549. The number of carbonyl (C=O) groups excluding carboxylic acids is 1. The standard InChI is InChI=1S/C14H25N3OS/c1-2-12(13(15)19)14(18)17-9-6-11(10-17)16-7-4-3-5-8-16/h11-12H,2-10H2,1H3,(H2,15,19). The molecule has 0 bridgehead atoms. The predicted octanol–water partition coefficient (Wildman–Crippen LogP) is 1.39. The molecule has 2 fully saturated rings. The van der Waals surface area contributed by atoms with Crippen LogP contribution in [0.1, 0.15) is 39.0 Å². The van der Waals surface area contributed by atoms with Gasteiger partial charge in [0.15, 0.2) is 0 Å². The fourth-order valence-corrected chi connectivity index (χ4v) is 3.51. The Balaban J connectivity index is 1.90. The van der Waals surface area contributed by atoms with Crippen molar-refractivity contribution in [3.05, 3.63) is 0 Å². The van der Waals surface area contributed by atoms with E-state index < -0.39 is 0 Å². The van der Waals surface area contributed by atoms with Crippen LogP contribution in [0.15, 0.2) is 0 Å². The Morgan fingerprint density at radius 3 is 2.58 bits per heavy atom. The van der Waals surface area contributed by atoms with Crippen LogP contribution < -0.4 is 5.73 Å². The van der Waals surface area contributed by atoms with Crippen molar-refractivity contribution in [1.29, 1.82) is 0 Å². The maximum atomic E-state index is 12.4. The zero-order chi connectivity index (χ0) is 13.8. The van der Waals surface area contributed by atoms with E-state index in [4.69, 9.17) is 18.0 Å². The highest BCUT2D eigenvalue weighted by molar-refractivity contribution is 7.80. The Morgan fingerprint density at radius 1 is 1.32 bits per heavy atom. The zero-order valence-corrected chi connectivity index (χ0v) is 12.6. The molecule has 4 nitrogen and oxygen atoms in total. The molecule has 108 valence electrons. The van der Waals surface area contributed by atoms with Gasteiger partial charge in [-0.2, -0.15) is 0 Å². The number of nitrogens with zero attached hydrogens (tertiary/aromatic N) is 2. The Bertz CT molecular complexity index is 342. The quantitative estimate of drug-likeness (QED) is 0.792. The first-order chi connectivity index (χ1) is 9.13. The van der Waals surface area contributed by atoms with Gasteiger partial charge in [0.2, 0.25) is 5.91 Å². The number of nitrogens with two attached hydrogens (primary N) is 1. The van der Waals surface area contributed by atoms with Crippen molar-refractivity contribution in [2.45, 2.75) is 45.1 Å². The molecule has 5 heteroatoms. The van der Waals surface area contributed by atoms with Crippen LogP contribution in [0.5, 0.6) is 0 Å². The zero-order valence-electron chi connectivity index (χ0n) is 11.8. The lowest BCUT2D eigenvalue weighted by atomic mass is 10.1. The van der Waals surface area contributed by atoms with Crippen molar-refractivity contribution >= 4 is 23.1 Å². The van der Waals surface area contributed by atoms with E-state index >= 15 is 0 Å². The van der Waals surface area contributed by atoms with Crippen LogP contribution in [0.3, 0.4) is 0 Å².